The maximum Gasteiger partial charge on any atom is 0.347 e. The molecule has 2 aromatic rings. The van der Waals surface area contributed by atoms with Gasteiger partial charge in [0.05, 0.1) is 13.5 Å². The predicted molar refractivity (Wildman–Crippen MR) is 164 cm³/mol. The predicted octanol–water partition coefficient (Wildman–Crippen LogP) is 4.41. The van der Waals surface area contributed by atoms with Crippen molar-refractivity contribution in [3.8, 4) is 5.75 Å². The van der Waals surface area contributed by atoms with Crippen molar-refractivity contribution in [3.63, 3.8) is 0 Å². The molecule has 43 heavy (non-hydrogen) atoms. The lowest BCUT2D eigenvalue weighted by Gasteiger charge is -2.25. The number of benzene rings is 2. The molecule has 0 aliphatic carbocycles. The van der Waals surface area contributed by atoms with Crippen molar-refractivity contribution in [1.29, 1.82) is 0 Å². The summed E-state index contributed by atoms with van der Waals surface area (Å²) < 4.78 is 16.7. The Morgan fingerprint density at radius 1 is 0.977 bits per heavy atom. The minimum absolute atomic E-state index is 0.0180. The number of carbonyl (C=O) groups is 4. The van der Waals surface area contributed by atoms with Crippen molar-refractivity contribution in [2.75, 3.05) is 13.7 Å². The van der Waals surface area contributed by atoms with E-state index < -0.39 is 42.0 Å². The first-order valence-electron chi connectivity index (χ1n) is 14.7. The van der Waals surface area contributed by atoms with E-state index in [1.807, 2.05) is 75.4 Å². The molecule has 230 valence electrons. The van der Waals surface area contributed by atoms with Gasteiger partial charge in [-0.05, 0) is 41.7 Å². The van der Waals surface area contributed by atoms with Gasteiger partial charge in [0.2, 0.25) is 11.8 Å². The van der Waals surface area contributed by atoms with E-state index in [-0.39, 0.29) is 37.6 Å². The second kappa shape index (κ2) is 16.9. The Balaban J connectivity index is 1.84. The third kappa shape index (κ3) is 11.4. The summed E-state index contributed by atoms with van der Waals surface area (Å²) in [7, 11) is 1.57. The standard InChI is InChI=1S/C34H42N2O7/c1-23(2)21-30-34(40)43-29(24(3)13-14-25-9-6-5-7-10-25)11-8-12-31(37)36-28(33(39)35-20-19-32(38)42-30)22-26-15-17-27(41-4)18-16-26/h5-10,12-18,23-24,28-30H,11,19-22H2,1-4H3,(H,35,39)(H,36,37)/b12-8+,14-13+/t24-,28+,29+,30+/m1/s1. The molecule has 0 aromatic heterocycles. The van der Waals surface area contributed by atoms with E-state index in [9.17, 15) is 19.2 Å². The van der Waals surface area contributed by atoms with Crippen molar-refractivity contribution in [1.82, 2.24) is 10.6 Å². The van der Waals surface area contributed by atoms with E-state index >= 15 is 0 Å². The molecule has 0 spiro atoms. The summed E-state index contributed by atoms with van der Waals surface area (Å²) in [5, 5.41) is 5.46. The number of methoxy groups -OCH3 is 1. The largest absolute Gasteiger partial charge is 0.497 e. The van der Waals surface area contributed by atoms with Gasteiger partial charge in [-0.3, -0.25) is 14.4 Å². The van der Waals surface area contributed by atoms with Crippen molar-refractivity contribution in [2.24, 2.45) is 11.8 Å². The molecule has 4 atom stereocenters. The van der Waals surface area contributed by atoms with Crippen molar-refractivity contribution in [3.05, 3.63) is 84.0 Å². The minimum atomic E-state index is -1.08. The van der Waals surface area contributed by atoms with Crippen LogP contribution in [0.15, 0.2) is 72.8 Å². The van der Waals surface area contributed by atoms with E-state index in [1.54, 1.807) is 25.3 Å². The maximum atomic E-state index is 13.2. The first-order chi connectivity index (χ1) is 20.6. The van der Waals surface area contributed by atoms with Gasteiger partial charge >= 0.3 is 11.9 Å². The summed E-state index contributed by atoms with van der Waals surface area (Å²) in [6.07, 6.45) is 5.76. The van der Waals surface area contributed by atoms with Gasteiger partial charge in [0.15, 0.2) is 6.10 Å². The summed E-state index contributed by atoms with van der Waals surface area (Å²) in [6, 6.07) is 16.1. The van der Waals surface area contributed by atoms with Crippen LogP contribution in [0, 0.1) is 11.8 Å². The highest BCUT2D eigenvalue weighted by molar-refractivity contribution is 5.93. The average molecular weight is 591 g/mol. The van der Waals surface area contributed by atoms with E-state index in [4.69, 9.17) is 14.2 Å². The molecule has 0 bridgehead atoms. The molecule has 0 radical (unpaired) electrons. The van der Waals surface area contributed by atoms with Gasteiger partial charge in [0.1, 0.15) is 17.9 Å². The number of nitrogens with one attached hydrogen (secondary N) is 2. The lowest BCUT2D eigenvalue weighted by molar-refractivity contribution is -0.173. The smallest absolute Gasteiger partial charge is 0.347 e. The normalized spacial score (nSPS) is 22.3. The Bertz CT molecular complexity index is 1270. The lowest BCUT2D eigenvalue weighted by atomic mass is 9.99. The Labute approximate surface area is 253 Å². The second-order valence-corrected chi connectivity index (χ2v) is 11.0. The van der Waals surface area contributed by atoms with Crippen LogP contribution in [-0.4, -0.2) is 55.7 Å². The molecule has 0 fully saturated rings. The van der Waals surface area contributed by atoms with Gasteiger partial charge in [-0.1, -0.05) is 81.5 Å². The highest BCUT2D eigenvalue weighted by atomic mass is 16.6. The van der Waals surface area contributed by atoms with Gasteiger partial charge in [-0.15, -0.1) is 0 Å². The van der Waals surface area contributed by atoms with Crippen LogP contribution in [-0.2, 0) is 35.1 Å². The van der Waals surface area contributed by atoms with Crippen LogP contribution in [0.1, 0.15) is 51.2 Å². The molecule has 1 aliphatic heterocycles. The molecular weight excluding hydrogens is 548 g/mol. The van der Waals surface area contributed by atoms with Gasteiger partial charge in [-0.2, -0.15) is 0 Å². The molecule has 2 amide bonds. The van der Waals surface area contributed by atoms with Crippen molar-refractivity contribution < 1.29 is 33.4 Å². The van der Waals surface area contributed by atoms with Gasteiger partial charge in [0.25, 0.3) is 0 Å². The van der Waals surface area contributed by atoms with Crippen molar-refractivity contribution in [2.45, 2.75) is 64.7 Å². The van der Waals surface area contributed by atoms with E-state index in [0.29, 0.717) is 12.2 Å². The van der Waals surface area contributed by atoms with Crippen LogP contribution in [0.2, 0.25) is 0 Å². The number of hydrogen-bond acceptors (Lipinski definition) is 7. The molecule has 2 N–H and O–H groups in total. The SMILES string of the molecule is COc1ccc(C[C@@H]2NC(=O)/C=C/C[C@@H]([C@H](C)/C=C/c3ccccc3)OC(=O)[C@H](CC(C)C)OC(=O)CCNC2=O)cc1. The molecule has 0 unspecified atom stereocenters. The zero-order valence-corrected chi connectivity index (χ0v) is 25.3. The average Bonchev–Trinajstić information content (AvgIpc) is 2.98. The third-order valence-electron chi connectivity index (χ3n) is 6.97. The zero-order chi connectivity index (χ0) is 31.2. The van der Waals surface area contributed by atoms with Crippen LogP contribution >= 0.6 is 0 Å². The molecule has 1 aliphatic rings. The van der Waals surface area contributed by atoms with Gasteiger partial charge in [0, 0.05) is 25.3 Å². The summed E-state index contributed by atoms with van der Waals surface area (Å²) in [5.41, 5.74) is 1.82. The maximum absolute atomic E-state index is 13.2. The topological polar surface area (TPSA) is 120 Å². The monoisotopic (exact) mass is 590 g/mol. The molecule has 0 saturated heterocycles. The molecular formula is C34H42N2O7. The number of esters is 2. The molecule has 2 aromatic carbocycles. The molecule has 1 heterocycles. The Kier molecular flexibility index (Phi) is 13.0. The van der Waals surface area contributed by atoms with Crippen LogP contribution in [0.4, 0.5) is 0 Å². The third-order valence-corrected chi connectivity index (χ3v) is 6.97. The summed E-state index contributed by atoms with van der Waals surface area (Å²) in [5.74, 6) is -1.65. The Morgan fingerprint density at radius 2 is 1.70 bits per heavy atom. The Hall–Kier alpha value is -4.40. The van der Waals surface area contributed by atoms with Gasteiger partial charge < -0.3 is 24.8 Å². The fourth-order valence-electron chi connectivity index (χ4n) is 4.53. The second-order valence-electron chi connectivity index (χ2n) is 11.0. The fourth-order valence-corrected chi connectivity index (χ4v) is 4.53. The lowest BCUT2D eigenvalue weighted by Crippen LogP contribution is -2.48. The van der Waals surface area contributed by atoms with E-state index in [0.717, 1.165) is 11.1 Å². The zero-order valence-electron chi connectivity index (χ0n) is 25.3. The number of rotatable bonds is 8. The summed E-state index contributed by atoms with van der Waals surface area (Å²) >= 11 is 0. The number of amides is 2. The quantitative estimate of drug-likeness (QED) is 0.437. The minimum Gasteiger partial charge on any atom is -0.497 e. The highest BCUT2D eigenvalue weighted by Gasteiger charge is 2.30. The summed E-state index contributed by atoms with van der Waals surface area (Å²) in [6.45, 7) is 5.75. The molecule has 0 saturated carbocycles. The molecule has 3 rings (SSSR count). The number of hydrogen-bond donors (Lipinski definition) is 2. The van der Waals surface area contributed by atoms with Crippen LogP contribution in [0.5, 0.6) is 5.75 Å². The van der Waals surface area contributed by atoms with E-state index in [2.05, 4.69) is 10.6 Å². The first kappa shape index (κ1) is 33.1. The first-order valence-corrected chi connectivity index (χ1v) is 14.7. The Morgan fingerprint density at radius 3 is 2.37 bits per heavy atom. The van der Waals surface area contributed by atoms with E-state index in [1.165, 1.54) is 6.08 Å². The number of carbonyl (C=O) groups excluding carboxylic acids is 4. The van der Waals surface area contributed by atoms with Gasteiger partial charge in [-0.25, -0.2) is 4.79 Å². The van der Waals surface area contributed by atoms with Crippen molar-refractivity contribution >= 4 is 29.8 Å². The number of ether oxygens (including phenoxy) is 3. The fraction of sp³-hybridized carbons (Fsp3) is 0.412. The van der Waals surface area contributed by atoms with Crippen LogP contribution in [0.25, 0.3) is 6.08 Å². The highest BCUT2D eigenvalue weighted by Crippen LogP contribution is 2.20. The summed E-state index contributed by atoms with van der Waals surface area (Å²) in [4.78, 5) is 51.9. The molecule has 9 heteroatoms. The number of cyclic esters (lactones) is 2. The molecule has 9 nitrogen and oxygen atoms in total. The van der Waals surface area contributed by atoms with Crippen LogP contribution in [0.3, 0.4) is 0 Å². The van der Waals surface area contributed by atoms with Crippen LogP contribution < -0.4 is 15.4 Å².